The number of carbonyl (C=O) groups is 2. The van der Waals surface area contributed by atoms with Crippen LogP contribution in [0.1, 0.15) is 19.0 Å². The van der Waals surface area contributed by atoms with Crippen LogP contribution in [0.15, 0.2) is 12.5 Å². The second-order valence-corrected chi connectivity index (χ2v) is 3.20. The van der Waals surface area contributed by atoms with E-state index in [1.807, 2.05) is 0 Å². The molecule has 0 spiro atoms. The Balaban J connectivity index is 2.33. The quantitative estimate of drug-likeness (QED) is 0.570. The number of hydrogen-bond acceptors (Lipinski definition) is 3. The van der Waals surface area contributed by atoms with Crippen molar-refractivity contribution in [2.75, 3.05) is 0 Å². The molecule has 1 unspecified atom stereocenters. The van der Waals surface area contributed by atoms with Crippen LogP contribution in [-0.4, -0.2) is 33.1 Å². The summed E-state index contributed by atoms with van der Waals surface area (Å²) >= 11 is 0. The predicted octanol–water partition coefficient (Wildman–Crippen LogP) is 0.0721. The van der Waals surface area contributed by atoms with Crippen molar-refractivity contribution in [2.24, 2.45) is 0 Å². The minimum atomic E-state index is -1.04. The Hall–Kier alpha value is -2.05. The van der Waals surface area contributed by atoms with E-state index in [0.29, 0.717) is 6.42 Å². The van der Waals surface area contributed by atoms with Gasteiger partial charge in [0.1, 0.15) is 6.04 Å². The first-order chi connectivity index (χ1) is 7.63. The van der Waals surface area contributed by atoms with E-state index in [-0.39, 0.29) is 6.54 Å². The number of imidazole rings is 1. The number of hydrogen-bond donors (Lipinski definition) is 4. The number of aliphatic carboxylic acids is 1. The molecule has 0 radical (unpaired) electrons. The fourth-order valence-corrected chi connectivity index (χ4v) is 1.10. The second-order valence-electron chi connectivity index (χ2n) is 3.20. The summed E-state index contributed by atoms with van der Waals surface area (Å²) in [6.45, 7) is 1.97. The molecule has 1 aromatic heterocycles. The molecule has 1 rings (SSSR count). The molecule has 4 N–H and O–H groups in total. The normalized spacial score (nSPS) is 11.8. The van der Waals surface area contributed by atoms with Gasteiger partial charge < -0.3 is 20.7 Å². The number of aromatic amines is 1. The van der Waals surface area contributed by atoms with E-state index in [4.69, 9.17) is 5.11 Å². The first-order valence-electron chi connectivity index (χ1n) is 4.88. The number of amides is 2. The fraction of sp³-hybridized carbons (Fsp3) is 0.444. The summed E-state index contributed by atoms with van der Waals surface area (Å²) in [5.74, 6) is -1.04. The SMILES string of the molecule is CCC(NC(=O)NCc1cnc[nH]1)C(=O)O. The molecule has 1 atom stereocenters. The minimum absolute atomic E-state index is 0.280. The van der Waals surface area contributed by atoms with Gasteiger partial charge in [-0.05, 0) is 6.42 Å². The highest BCUT2D eigenvalue weighted by atomic mass is 16.4. The standard InChI is InChI=1S/C9H14N4O3/c1-2-7(8(14)15)13-9(16)11-4-6-3-10-5-12-6/h3,5,7H,2,4H2,1H3,(H,10,12)(H,14,15)(H2,11,13,16). The zero-order valence-corrected chi connectivity index (χ0v) is 8.86. The van der Waals surface area contributed by atoms with Gasteiger partial charge in [-0.3, -0.25) is 0 Å². The topological polar surface area (TPSA) is 107 Å². The molecule has 7 heteroatoms. The number of carboxylic acid groups (broad SMARTS) is 1. The molecule has 0 saturated heterocycles. The second kappa shape index (κ2) is 5.74. The van der Waals surface area contributed by atoms with Gasteiger partial charge >= 0.3 is 12.0 Å². The van der Waals surface area contributed by atoms with Crippen molar-refractivity contribution in [2.45, 2.75) is 25.9 Å². The molecule has 2 amide bonds. The van der Waals surface area contributed by atoms with E-state index < -0.39 is 18.0 Å². The van der Waals surface area contributed by atoms with Crippen molar-refractivity contribution in [3.63, 3.8) is 0 Å². The third-order valence-corrected chi connectivity index (χ3v) is 2.01. The van der Waals surface area contributed by atoms with Gasteiger partial charge in [0.15, 0.2) is 0 Å². The fourth-order valence-electron chi connectivity index (χ4n) is 1.10. The largest absolute Gasteiger partial charge is 0.480 e. The third-order valence-electron chi connectivity index (χ3n) is 2.01. The van der Waals surface area contributed by atoms with Gasteiger partial charge in [-0.1, -0.05) is 6.92 Å². The molecular formula is C9H14N4O3. The number of aromatic nitrogens is 2. The average molecular weight is 226 g/mol. The summed E-state index contributed by atoms with van der Waals surface area (Å²) in [6.07, 6.45) is 3.42. The molecule has 0 bridgehead atoms. The summed E-state index contributed by atoms with van der Waals surface area (Å²) in [4.78, 5) is 28.5. The first-order valence-corrected chi connectivity index (χ1v) is 4.88. The maximum atomic E-state index is 11.3. The lowest BCUT2D eigenvalue weighted by atomic mass is 10.2. The molecule has 1 heterocycles. The molecule has 0 aliphatic heterocycles. The Morgan fingerprint density at radius 1 is 1.62 bits per heavy atom. The molecule has 0 fully saturated rings. The lowest BCUT2D eigenvalue weighted by Gasteiger charge is -2.12. The Labute approximate surface area is 92.3 Å². The lowest BCUT2D eigenvalue weighted by Crippen LogP contribution is -2.45. The lowest BCUT2D eigenvalue weighted by molar-refractivity contribution is -0.139. The predicted molar refractivity (Wildman–Crippen MR) is 55.7 cm³/mol. The summed E-state index contributed by atoms with van der Waals surface area (Å²) in [7, 11) is 0. The highest BCUT2D eigenvalue weighted by Crippen LogP contribution is 1.92. The molecule has 7 nitrogen and oxygen atoms in total. The molecule has 0 saturated carbocycles. The van der Waals surface area contributed by atoms with Gasteiger partial charge in [0.2, 0.25) is 0 Å². The van der Waals surface area contributed by atoms with Crippen LogP contribution in [0.2, 0.25) is 0 Å². The number of nitrogens with one attached hydrogen (secondary N) is 3. The smallest absolute Gasteiger partial charge is 0.326 e. The monoisotopic (exact) mass is 226 g/mol. The van der Waals surface area contributed by atoms with Gasteiger partial charge in [-0.2, -0.15) is 0 Å². The number of carbonyl (C=O) groups excluding carboxylic acids is 1. The van der Waals surface area contributed by atoms with Gasteiger partial charge in [0.05, 0.1) is 18.6 Å². The highest BCUT2D eigenvalue weighted by Gasteiger charge is 2.16. The van der Waals surface area contributed by atoms with Crippen molar-refractivity contribution in [1.82, 2.24) is 20.6 Å². The molecule has 0 aliphatic carbocycles. The van der Waals surface area contributed by atoms with Crippen LogP contribution in [0.3, 0.4) is 0 Å². The number of nitrogens with zero attached hydrogens (tertiary/aromatic N) is 1. The van der Waals surface area contributed by atoms with Crippen molar-refractivity contribution < 1.29 is 14.7 Å². The zero-order valence-electron chi connectivity index (χ0n) is 8.86. The Morgan fingerprint density at radius 2 is 2.38 bits per heavy atom. The van der Waals surface area contributed by atoms with Crippen LogP contribution in [0.4, 0.5) is 4.79 Å². The van der Waals surface area contributed by atoms with E-state index in [2.05, 4.69) is 20.6 Å². The van der Waals surface area contributed by atoms with Crippen molar-refractivity contribution in [3.8, 4) is 0 Å². The van der Waals surface area contributed by atoms with Crippen LogP contribution in [0, 0.1) is 0 Å². The number of rotatable bonds is 5. The van der Waals surface area contributed by atoms with E-state index in [1.165, 1.54) is 6.33 Å². The first kappa shape index (κ1) is 12.0. The molecular weight excluding hydrogens is 212 g/mol. The average Bonchev–Trinajstić information content (AvgIpc) is 2.75. The summed E-state index contributed by atoms with van der Waals surface area (Å²) in [5.41, 5.74) is 0.749. The van der Waals surface area contributed by atoms with E-state index >= 15 is 0 Å². The van der Waals surface area contributed by atoms with Crippen LogP contribution in [0.5, 0.6) is 0 Å². The molecule has 0 aliphatic rings. The van der Waals surface area contributed by atoms with E-state index in [9.17, 15) is 9.59 Å². The van der Waals surface area contributed by atoms with E-state index in [1.54, 1.807) is 13.1 Å². The van der Waals surface area contributed by atoms with Crippen molar-refractivity contribution >= 4 is 12.0 Å². The maximum Gasteiger partial charge on any atom is 0.326 e. The molecule has 88 valence electrons. The molecule has 1 aromatic rings. The number of H-pyrrole nitrogens is 1. The summed E-state index contributed by atoms with van der Waals surface area (Å²) < 4.78 is 0. The zero-order chi connectivity index (χ0) is 12.0. The minimum Gasteiger partial charge on any atom is -0.480 e. The van der Waals surface area contributed by atoms with Crippen molar-refractivity contribution in [1.29, 1.82) is 0 Å². The van der Waals surface area contributed by atoms with Gasteiger partial charge in [-0.15, -0.1) is 0 Å². The highest BCUT2D eigenvalue weighted by molar-refractivity contribution is 5.82. The van der Waals surface area contributed by atoms with Gasteiger partial charge in [-0.25, -0.2) is 14.6 Å². The van der Waals surface area contributed by atoms with E-state index in [0.717, 1.165) is 5.69 Å². The van der Waals surface area contributed by atoms with Gasteiger partial charge in [0, 0.05) is 6.20 Å². The van der Waals surface area contributed by atoms with Crippen LogP contribution in [-0.2, 0) is 11.3 Å². The maximum absolute atomic E-state index is 11.3. The third kappa shape index (κ3) is 3.60. The summed E-state index contributed by atoms with van der Waals surface area (Å²) in [6, 6.07) is -1.37. The molecule has 0 aromatic carbocycles. The van der Waals surface area contributed by atoms with Crippen molar-refractivity contribution in [3.05, 3.63) is 18.2 Å². The summed E-state index contributed by atoms with van der Waals surface area (Å²) in [5, 5.41) is 13.6. The van der Waals surface area contributed by atoms with Crippen LogP contribution in [0.25, 0.3) is 0 Å². The number of carboxylic acids is 1. The Morgan fingerprint density at radius 3 is 2.88 bits per heavy atom. The molecule has 16 heavy (non-hydrogen) atoms. The van der Waals surface area contributed by atoms with Crippen LogP contribution < -0.4 is 10.6 Å². The van der Waals surface area contributed by atoms with Crippen LogP contribution >= 0.6 is 0 Å². The van der Waals surface area contributed by atoms with Gasteiger partial charge in [0.25, 0.3) is 0 Å². The Kier molecular flexibility index (Phi) is 4.31. The Bertz CT molecular complexity index is 350. The number of urea groups is 1.